The summed E-state index contributed by atoms with van der Waals surface area (Å²) >= 11 is -1.94. The molecule has 206 valence electrons. The number of hydrogen-bond acceptors (Lipinski definition) is 7. The Morgan fingerprint density at radius 1 is 1.11 bits per heavy atom. The highest BCUT2D eigenvalue weighted by Gasteiger charge is 2.36. The van der Waals surface area contributed by atoms with Gasteiger partial charge >= 0.3 is 0 Å². The molecule has 0 spiro atoms. The SMILES string of the molecule is CC.CCOc1ccc2c(c1)CCN1Cc3cc(OC)c(OOC)c(OS(=O)C4=CCCC(F)=C4)c3CC21. The molecule has 3 aliphatic rings. The van der Waals surface area contributed by atoms with Gasteiger partial charge in [-0.15, -0.1) is 0 Å². The second-order valence-corrected chi connectivity index (χ2v) is 10.0. The standard InChI is InChI=1S/C27H30FNO6S.C2H6/c1-4-33-20-8-9-22-17(12-20)10-11-29-16-18-13-25(31-2)27(34-32-3)26(23(18)15-24(22)29)35-36(30)21-7-5-6-19(28)14-21;1-2/h7-9,12-14,24H,4-6,10-11,15-16H2,1-3H3;1-2H3. The number of rotatable bonds is 8. The van der Waals surface area contributed by atoms with Crippen LogP contribution in [0.4, 0.5) is 4.39 Å². The highest BCUT2D eigenvalue weighted by molar-refractivity contribution is 7.84. The molecule has 0 bridgehead atoms. The van der Waals surface area contributed by atoms with E-state index >= 15 is 0 Å². The summed E-state index contributed by atoms with van der Waals surface area (Å²) in [6, 6.07) is 8.31. The molecule has 0 fully saturated rings. The van der Waals surface area contributed by atoms with Crippen LogP contribution in [-0.2, 0) is 35.4 Å². The Kier molecular flexibility index (Phi) is 9.46. The Labute approximate surface area is 226 Å². The highest BCUT2D eigenvalue weighted by Crippen LogP contribution is 2.49. The topological polar surface area (TPSA) is 66.5 Å². The monoisotopic (exact) mass is 545 g/mol. The zero-order chi connectivity index (χ0) is 27.2. The lowest BCUT2D eigenvalue weighted by molar-refractivity contribution is -0.180. The van der Waals surface area contributed by atoms with E-state index in [0.29, 0.717) is 48.8 Å². The van der Waals surface area contributed by atoms with Crippen LogP contribution in [-0.4, -0.2) is 36.5 Å². The molecule has 9 heteroatoms. The van der Waals surface area contributed by atoms with Crippen LogP contribution in [0.1, 0.15) is 61.9 Å². The van der Waals surface area contributed by atoms with Gasteiger partial charge in [-0.25, -0.2) is 8.60 Å². The number of halogens is 1. The quantitative estimate of drug-likeness (QED) is 0.285. The lowest BCUT2D eigenvalue weighted by atomic mass is 9.83. The molecule has 2 aromatic carbocycles. The molecule has 2 aromatic rings. The fourth-order valence-corrected chi connectivity index (χ4v) is 6.09. The summed E-state index contributed by atoms with van der Waals surface area (Å²) < 4.78 is 44.4. The molecule has 1 aliphatic carbocycles. The van der Waals surface area contributed by atoms with Crippen molar-refractivity contribution in [3.05, 3.63) is 69.4 Å². The largest absolute Gasteiger partial charge is 0.494 e. The number of allylic oxidation sites excluding steroid dienone is 3. The van der Waals surface area contributed by atoms with Crippen molar-refractivity contribution in [3.8, 4) is 23.0 Å². The molecule has 38 heavy (non-hydrogen) atoms. The number of methoxy groups -OCH3 is 1. The summed E-state index contributed by atoms with van der Waals surface area (Å²) in [6.45, 7) is 8.19. The first-order valence-corrected chi connectivity index (χ1v) is 14.2. The van der Waals surface area contributed by atoms with Crippen LogP contribution < -0.4 is 18.5 Å². The summed E-state index contributed by atoms with van der Waals surface area (Å²) in [5, 5.41) is 0. The van der Waals surface area contributed by atoms with Gasteiger partial charge in [0.05, 0.1) is 25.7 Å². The molecular formula is C29H36FNO6S. The van der Waals surface area contributed by atoms with Gasteiger partial charge in [-0.3, -0.25) is 4.90 Å². The van der Waals surface area contributed by atoms with Crippen molar-refractivity contribution in [2.45, 2.75) is 59.0 Å². The van der Waals surface area contributed by atoms with Crippen molar-refractivity contribution in [1.29, 1.82) is 0 Å². The minimum atomic E-state index is -1.94. The summed E-state index contributed by atoms with van der Waals surface area (Å²) in [5.74, 6) is 1.49. The molecule has 7 nitrogen and oxygen atoms in total. The lowest BCUT2D eigenvalue weighted by Gasteiger charge is -2.42. The van der Waals surface area contributed by atoms with Gasteiger partial charge in [-0.2, -0.15) is 4.89 Å². The van der Waals surface area contributed by atoms with Crippen molar-refractivity contribution >= 4 is 11.1 Å². The molecule has 2 unspecified atom stereocenters. The van der Waals surface area contributed by atoms with Gasteiger partial charge in [-0.05, 0) is 67.2 Å². The number of benzene rings is 2. The van der Waals surface area contributed by atoms with Crippen LogP contribution in [0, 0.1) is 0 Å². The smallest absolute Gasteiger partial charge is 0.250 e. The van der Waals surface area contributed by atoms with E-state index < -0.39 is 11.1 Å². The van der Waals surface area contributed by atoms with Crippen molar-refractivity contribution in [2.24, 2.45) is 0 Å². The van der Waals surface area contributed by atoms with E-state index in [9.17, 15) is 8.60 Å². The predicted molar refractivity (Wildman–Crippen MR) is 145 cm³/mol. The third-order valence-corrected chi connectivity index (χ3v) is 7.81. The van der Waals surface area contributed by atoms with Crippen molar-refractivity contribution in [2.75, 3.05) is 27.4 Å². The Balaban J connectivity index is 0.00000164. The predicted octanol–water partition coefficient (Wildman–Crippen LogP) is 6.29. The Bertz CT molecular complexity index is 1240. The Morgan fingerprint density at radius 3 is 2.63 bits per heavy atom. The lowest BCUT2D eigenvalue weighted by Crippen LogP contribution is -2.39. The number of fused-ring (bicyclic) bond motifs is 4. The number of nitrogens with zero attached hydrogens (tertiary/aromatic N) is 1. The normalized spacial score (nSPS) is 18.8. The van der Waals surface area contributed by atoms with Crippen molar-refractivity contribution < 1.29 is 32.0 Å². The van der Waals surface area contributed by atoms with Gasteiger partial charge in [0.25, 0.3) is 5.75 Å². The van der Waals surface area contributed by atoms with Crippen LogP contribution in [0.3, 0.4) is 0 Å². The third kappa shape index (κ3) is 5.75. The number of ether oxygens (including phenoxy) is 2. The molecule has 2 atom stereocenters. The Hall–Kier alpha value is -2.88. The average Bonchev–Trinajstić information content (AvgIpc) is 2.94. The van der Waals surface area contributed by atoms with E-state index in [1.54, 1.807) is 6.08 Å². The zero-order valence-corrected chi connectivity index (χ0v) is 23.5. The molecule has 0 radical (unpaired) electrons. The van der Waals surface area contributed by atoms with Crippen LogP contribution in [0.5, 0.6) is 23.0 Å². The van der Waals surface area contributed by atoms with Gasteiger partial charge in [0.2, 0.25) is 11.1 Å². The summed E-state index contributed by atoms with van der Waals surface area (Å²) in [4.78, 5) is 13.2. The first-order chi connectivity index (χ1) is 18.5. The van der Waals surface area contributed by atoms with Gasteiger partial charge < -0.3 is 18.5 Å². The maximum atomic E-state index is 13.9. The molecule has 0 amide bonds. The molecule has 0 saturated heterocycles. The minimum Gasteiger partial charge on any atom is -0.494 e. The summed E-state index contributed by atoms with van der Waals surface area (Å²) in [6.07, 6.45) is 5.34. The second-order valence-electron chi connectivity index (χ2n) is 8.91. The Morgan fingerprint density at radius 2 is 1.92 bits per heavy atom. The van der Waals surface area contributed by atoms with Crippen LogP contribution >= 0.6 is 0 Å². The van der Waals surface area contributed by atoms with E-state index in [0.717, 1.165) is 29.8 Å². The minimum absolute atomic E-state index is 0.114. The molecule has 0 aromatic heterocycles. The first kappa shape index (κ1) is 28.1. The summed E-state index contributed by atoms with van der Waals surface area (Å²) in [7, 11) is 2.92. The van der Waals surface area contributed by atoms with Gasteiger partial charge in [0, 0.05) is 31.1 Å². The second kappa shape index (κ2) is 12.8. The van der Waals surface area contributed by atoms with E-state index in [1.807, 2.05) is 32.9 Å². The van der Waals surface area contributed by atoms with Crippen LogP contribution in [0.2, 0.25) is 0 Å². The fourth-order valence-electron chi connectivity index (χ4n) is 5.19. The first-order valence-electron chi connectivity index (χ1n) is 13.1. The third-order valence-electron chi connectivity index (χ3n) is 6.83. The molecule has 5 rings (SSSR count). The van der Waals surface area contributed by atoms with Crippen molar-refractivity contribution in [3.63, 3.8) is 0 Å². The van der Waals surface area contributed by atoms with Crippen LogP contribution in [0.15, 0.2) is 47.1 Å². The van der Waals surface area contributed by atoms with E-state index in [2.05, 4.69) is 17.0 Å². The number of hydrogen-bond donors (Lipinski definition) is 0. The molecule has 0 N–H and O–H groups in total. The van der Waals surface area contributed by atoms with Gasteiger partial charge in [0.15, 0.2) is 11.5 Å². The fraction of sp³-hybridized carbons (Fsp3) is 0.448. The molecule has 0 saturated carbocycles. The van der Waals surface area contributed by atoms with Gasteiger partial charge in [0.1, 0.15) is 11.6 Å². The molecule has 2 aliphatic heterocycles. The molecule has 2 heterocycles. The van der Waals surface area contributed by atoms with Crippen LogP contribution in [0.25, 0.3) is 0 Å². The average molecular weight is 546 g/mol. The van der Waals surface area contributed by atoms with Gasteiger partial charge in [-0.1, -0.05) is 26.0 Å². The summed E-state index contributed by atoms with van der Waals surface area (Å²) in [5.41, 5.74) is 4.39. The zero-order valence-electron chi connectivity index (χ0n) is 22.7. The maximum Gasteiger partial charge on any atom is 0.250 e. The maximum absolute atomic E-state index is 13.9. The molecular weight excluding hydrogens is 509 g/mol. The highest BCUT2D eigenvalue weighted by atomic mass is 32.2. The van der Waals surface area contributed by atoms with E-state index in [-0.39, 0.29) is 17.6 Å². The van der Waals surface area contributed by atoms with E-state index in [1.165, 1.54) is 31.4 Å². The van der Waals surface area contributed by atoms with Crippen molar-refractivity contribution in [1.82, 2.24) is 4.90 Å². The van der Waals surface area contributed by atoms with E-state index in [4.69, 9.17) is 23.4 Å².